The van der Waals surface area contributed by atoms with E-state index in [1.807, 2.05) is 0 Å². The van der Waals surface area contributed by atoms with Gasteiger partial charge in [0.25, 0.3) is 5.69 Å². The van der Waals surface area contributed by atoms with E-state index < -0.39 is 76.6 Å². The van der Waals surface area contributed by atoms with E-state index in [0.717, 1.165) is 12.1 Å². The Labute approximate surface area is 211 Å². The predicted octanol–water partition coefficient (Wildman–Crippen LogP) is 3.88. The highest BCUT2D eigenvalue weighted by molar-refractivity contribution is 5.89. The van der Waals surface area contributed by atoms with Crippen LogP contribution in [0.3, 0.4) is 0 Å². The summed E-state index contributed by atoms with van der Waals surface area (Å²) in [5, 5.41) is 13.1. The number of primary amides is 1. The van der Waals surface area contributed by atoms with Crippen molar-refractivity contribution in [1.82, 2.24) is 5.32 Å². The summed E-state index contributed by atoms with van der Waals surface area (Å²) in [7, 11) is 0. The van der Waals surface area contributed by atoms with Gasteiger partial charge < -0.3 is 15.8 Å². The number of hydrogen-bond acceptors (Lipinski definition) is 6. The smallest absolute Gasteiger partial charge is 0.416 e. The first-order chi connectivity index (χ1) is 17.5. The number of nitrogens with zero attached hydrogens (tertiary/aromatic N) is 1. The van der Waals surface area contributed by atoms with Crippen LogP contribution in [0, 0.1) is 10.1 Å². The molecule has 0 aliphatic rings. The molecule has 0 bridgehead atoms. The van der Waals surface area contributed by atoms with Crippen molar-refractivity contribution in [2.45, 2.75) is 44.1 Å². The molecule has 206 valence electrons. The quantitative estimate of drug-likeness (QED) is 0.199. The zero-order valence-corrected chi connectivity index (χ0v) is 19.6. The highest BCUT2D eigenvalue weighted by Crippen LogP contribution is 2.36. The van der Waals surface area contributed by atoms with Crippen LogP contribution < -0.4 is 11.1 Å². The Morgan fingerprint density at radius 3 is 1.95 bits per heavy atom. The summed E-state index contributed by atoms with van der Waals surface area (Å²) >= 11 is 0. The average molecular weight is 549 g/mol. The third-order valence-electron chi connectivity index (χ3n) is 5.26. The Morgan fingerprint density at radius 2 is 1.53 bits per heavy atom. The van der Waals surface area contributed by atoms with Crippen LogP contribution in [0.1, 0.15) is 41.5 Å². The Kier molecular flexibility index (Phi) is 9.43. The number of nitrogens with two attached hydrogens (primary N) is 1. The van der Waals surface area contributed by atoms with Gasteiger partial charge in [0, 0.05) is 18.1 Å². The van der Waals surface area contributed by atoms with Crippen LogP contribution in [0.4, 0.5) is 32.0 Å². The molecule has 0 spiro atoms. The van der Waals surface area contributed by atoms with Gasteiger partial charge in [-0.3, -0.25) is 24.5 Å². The van der Waals surface area contributed by atoms with Crippen LogP contribution in [0.25, 0.3) is 0 Å². The maximum absolute atomic E-state index is 13.1. The van der Waals surface area contributed by atoms with Gasteiger partial charge in [0.2, 0.25) is 11.8 Å². The number of halogens is 6. The minimum absolute atomic E-state index is 0.0451. The van der Waals surface area contributed by atoms with Crippen LogP contribution in [-0.4, -0.2) is 35.4 Å². The minimum Gasteiger partial charge on any atom is -0.466 e. The molecule has 0 aliphatic heterocycles. The number of amides is 2. The molecule has 0 heterocycles. The Bertz CT molecular complexity index is 1170. The minimum atomic E-state index is -5.14. The summed E-state index contributed by atoms with van der Waals surface area (Å²) in [6.45, 7) is 1.45. The molecule has 2 amide bonds. The van der Waals surface area contributed by atoms with Crippen LogP contribution in [0.15, 0.2) is 42.5 Å². The van der Waals surface area contributed by atoms with Gasteiger partial charge in [0.15, 0.2) is 0 Å². The average Bonchev–Trinajstić information content (AvgIpc) is 2.80. The molecule has 0 saturated heterocycles. The number of non-ortho nitro benzene ring substituents is 1. The second-order valence-corrected chi connectivity index (χ2v) is 8.00. The number of carbonyl (C=O) groups excluding carboxylic acids is 3. The number of nitro groups is 1. The summed E-state index contributed by atoms with van der Waals surface area (Å²) in [4.78, 5) is 47.3. The first-order valence-corrected chi connectivity index (χ1v) is 10.8. The maximum Gasteiger partial charge on any atom is 0.416 e. The standard InChI is InChI=1S/C23H21F6N3O6/c1-2-38-19(34)11-17(13-3-5-16(6-4-13)32(36)37)20(21(30)35)31-18(33)9-12-7-14(22(24,25)26)10-15(8-12)23(27,28)29/h3-8,10,17,20H,2,9,11H2,1H3,(H2,30,35)(H,31,33)/t17-,20+/m0/s1. The van der Waals surface area contributed by atoms with Crippen molar-refractivity contribution in [2.75, 3.05) is 6.61 Å². The van der Waals surface area contributed by atoms with Crippen molar-refractivity contribution in [2.24, 2.45) is 5.73 Å². The number of ether oxygens (including phenoxy) is 1. The van der Waals surface area contributed by atoms with Gasteiger partial charge in [0.05, 0.1) is 35.5 Å². The Hall–Kier alpha value is -4.17. The molecule has 0 aliphatic carbocycles. The molecule has 0 unspecified atom stereocenters. The lowest BCUT2D eigenvalue weighted by Gasteiger charge is -2.25. The van der Waals surface area contributed by atoms with Crippen LogP contribution >= 0.6 is 0 Å². The molecule has 2 aromatic rings. The third kappa shape index (κ3) is 8.18. The van der Waals surface area contributed by atoms with Gasteiger partial charge in [0.1, 0.15) is 6.04 Å². The lowest BCUT2D eigenvalue weighted by atomic mass is 9.87. The van der Waals surface area contributed by atoms with E-state index in [0.29, 0.717) is 12.1 Å². The van der Waals surface area contributed by atoms with Crippen molar-refractivity contribution in [3.8, 4) is 0 Å². The van der Waals surface area contributed by atoms with E-state index in [4.69, 9.17) is 10.5 Å². The number of esters is 1. The van der Waals surface area contributed by atoms with Gasteiger partial charge in [-0.15, -0.1) is 0 Å². The molecule has 38 heavy (non-hydrogen) atoms. The highest BCUT2D eigenvalue weighted by Gasteiger charge is 2.37. The summed E-state index contributed by atoms with van der Waals surface area (Å²) in [5.74, 6) is -4.42. The lowest BCUT2D eigenvalue weighted by Crippen LogP contribution is -2.49. The number of nitro benzene ring substituents is 1. The fraction of sp³-hybridized carbons (Fsp3) is 0.348. The molecule has 0 radical (unpaired) electrons. The zero-order chi connectivity index (χ0) is 28.8. The Balaban J connectivity index is 2.41. The fourth-order valence-corrected chi connectivity index (χ4v) is 3.57. The first-order valence-electron chi connectivity index (χ1n) is 10.8. The van der Waals surface area contributed by atoms with E-state index in [-0.39, 0.29) is 23.9 Å². The maximum atomic E-state index is 13.1. The number of carbonyl (C=O) groups is 3. The largest absolute Gasteiger partial charge is 0.466 e. The summed E-state index contributed by atoms with van der Waals surface area (Å²) in [6.07, 6.45) is -11.8. The molecule has 2 rings (SSSR count). The van der Waals surface area contributed by atoms with Gasteiger partial charge in [-0.05, 0) is 36.2 Å². The normalized spacial score (nSPS) is 13.3. The van der Waals surface area contributed by atoms with Crippen LogP contribution in [0.2, 0.25) is 0 Å². The van der Waals surface area contributed by atoms with E-state index in [9.17, 15) is 50.8 Å². The fourth-order valence-electron chi connectivity index (χ4n) is 3.57. The van der Waals surface area contributed by atoms with Crippen molar-refractivity contribution in [3.05, 3.63) is 74.8 Å². The number of rotatable bonds is 10. The second-order valence-electron chi connectivity index (χ2n) is 8.00. The van der Waals surface area contributed by atoms with Crippen molar-refractivity contribution >= 4 is 23.5 Å². The monoisotopic (exact) mass is 549 g/mol. The highest BCUT2D eigenvalue weighted by atomic mass is 19.4. The molecular formula is C23H21F6N3O6. The van der Waals surface area contributed by atoms with Crippen LogP contribution in [0.5, 0.6) is 0 Å². The van der Waals surface area contributed by atoms with Crippen LogP contribution in [-0.2, 0) is 37.9 Å². The van der Waals surface area contributed by atoms with Gasteiger partial charge in [-0.1, -0.05) is 12.1 Å². The molecule has 3 N–H and O–H groups in total. The Morgan fingerprint density at radius 1 is 1.00 bits per heavy atom. The van der Waals surface area contributed by atoms with E-state index in [1.54, 1.807) is 0 Å². The van der Waals surface area contributed by atoms with Crippen molar-refractivity contribution in [3.63, 3.8) is 0 Å². The van der Waals surface area contributed by atoms with Crippen molar-refractivity contribution < 1.29 is 50.4 Å². The SMILES string of the molecule is CCOC(=O)C[C@@H](c1ccc([N+](=O)[O-])cc1)[C@@H](NC(=O)Cc1cc(C(F)(F)F)cc(C(F)(F)F)c1)C(N)=O. The molecule has 2 aromatic carbocycles. The number of hydrogen-bond donors (Lipinski definition) is 2. The number of alkyl halides is 6. The van der Waals surface area contributed by atoms with Gasteiger partial charge >= 0.3 is 18.3 Å². The molecule has 2 atom stereocenters. The summed E-state index contributed by atoms with van der Waals surface area (Å²) in [6, 6.07) is 3.47. The molecule has 0 saturated carbocycles. The zero-order valence-electron chi connectivity index (χ0n) is 19.6. The van der Waals surface area contributed by atoms with E-state index in [1.165, 1.54) is 19.1 Å². The summed E-state index contributed by atoms with van der Waals surface area (Å²) < 4.78 is 83.6. The number of benzene rings is 2. The topological polar surface area (TPSA) is 142 Å². The second kappa shape index (κ2) is 11.9. The van der Waals surface area contributed by atoms with E-state index in [2.05, 4.69) is 5.32 Å². The molecule has 0 aromatic heterocycles. The number of nitrogens with one attached hydrogen (secondary N) is 1. The van der Waals surface area contributed by atoms with E-state index >= 15 is 0 Å². The molecule has 9 nitrogen and oxygen atoms in total. The third-order valence-corrected chi connectivity index (χ3v) is 5.26. The molecular weight excluding hydrogens is 528 g/mol. The van der Waals surface area contributed by atoms with Gasteiger partial charge in [-0.25, -0.2) is 0 Å². The lowest BCUT2D eigenvalue weighted by molar-refractivity contribution is -0.384. The predicted molar refractivity (Wildman–Crippen MR) is 118 cm³/mol. The first kappa shape index (κ1) is 30.1. The molecule has 0 fully saturated rings. The van der Waals surface area contributed by atoms with Crippen molar-refractivity contribution in [1.29, 1.82) is 0 Å². The summed E-state index contributed by atoms with van der Waals surface area (Å²) in [5.41, 5.74) is 1.30. The molecule has 15 heteroatoms. The van der Waals surface area contributed by atoms with Gasteiger partial charge in [-0.2, -0.15) is 26.3 Å².